The Morgan fingerprint density at radius 1 is 1.22 bits per heavy atom. The maximum atomic E-state index is 12.4. The molecule has 0 aliphatic heterocycles. The predicted octanol–water partition coefficient (Wildman–Crippen LogP) is 2.10. The van der Waals surface area contributed by atoms with Crippen LogP contribution in [-0.2, 0) is 6.54 Å². The van der Waals surface area contributed by atoms with Crippen LogP contribution in [0.1, 0.15) is 11.1 Å². The molecule has 0 bridgehead atoms. The summed E-state index contributed by atoms with van der Waals surface area (Å²) in [6.45, 7) is 2.36. The molecule has 2 rings (SSSR count). The van der Waals surface area contributed by atoms with Gasteiger partial charge < -0.3 is 20.9 Å². The van der Waals surface area contributed by atoms with Crippen LogP contribution in [0, 0.1) is 6.92 Å². The second-order valence-corrected chi connectivity index (χ2v) is 5.63. The van der Waals surface area contributed by atoms with E-state index < -0.39 is 0 Å². The second-order valence-electron chi connectivity index (χ2n) is 5.63. The van der Waals surface area contributed by atoms with Crippen molar-refractivity contribution < 1.29 is 4.79 Å². The molecule has 0 aliphatic rings. The van der Waals surface area contributed by atoms with Crippen LogP contribution in [0.4, 0.5) is 22.1 Å². The number of nitrogen functional groups attached to an aromatic ring is 1. The lowest BCUT2D eigenvalue weighted by molar-refractivity contribution is 0.220. The van der Waals surface area contributed by atoms with E-state index in [2.05, 4.69) is 15.3 Å². The first-order chi connectivity index (χ1) is 10.9. The van der Waals surface area contributed by atoms with E-state index in [0.29, 0.717) is 6.54 Å². The van der Waals surface area contributed by atoms with Gasteiger partial charge in [-0.3, -0.25) is 0 Å². The number of aromatic nitrogens is 2. The molecule has 0 saturated heterocycles. The number of nitrogens with one attached hydrogen (secondary N) is 1. The maximum absolute atomic E-state index is 12.4. The lowest BCUT2D eigenvalue weighted by Gasteiger charge is -2.20. The van der Waals surface area contributed by atoms with Gasteiger partial charge in [0.1, 0.15) is 0 Å². The zero-order valence-corrected chi connectivity index (χ0v) is 13.9. The predicted molar refractivity (Wildman–Crippen MR) is 92.4 cm³/mol. The van der Waals surface area contributed by atoms with Gasteiger partial charge in [0.05, 0.1) is 6.54 Å². The molecule has 23 heavy (non-hydrogen) atoms. The Morgan fingerprint density at radius 3 is 2.48 bits per heavy atom. The number of nitrogens with zero attached hydrogens (tertiary/aromatic N) is 4. The fraction of sp³-hybridized carbons (Fsp3) is 0.312. The minimum atomic E-state index is -0.194. The highest BCUT2D eigenvalue weighted by Gasteiger charge is 2.12. The summed E-state index contributed by atoms with van der Waals surface area (Å²) in [5.41, 5.74) is 9.10. The number of hydrogen-bond donors (Lipinski definition) is 2. The Labute approximate surface area is 136 Å². The van der Waals surface area contributed by atoms with Gasteiger partial charge in [0.15, 0.2) is 0 Å². The van der Waals surface area contributed by atoms with Gasteiger partial charge >= 0.3 is 6.03 Å². The molecule has 0 radical (unpaired) electrons. The van der Waals surface area contributed by atoms with Gasteiger partial charge in [0.25, 0.3) is 0 Å². The first-order valence-electron chi connectivity index (χ1n) is 7.23. The molecular formula is C16H22N6O. The number of benzene rings is 1. The van der Waals surface area contributed by atoms with Crippen LogP contribution in [0.3, 0.4) is 0 Å². The van der Waals surface area contributed by atoms with E-state index in [1.807, 2.05) is 44.1 Å². The smallest absolute Gasteiger partial charge is 0.321 e. The molecule has 0 saturated carbocycles. The Balaban J connectivity index is 2.06. The van der Waals surface area contributed by atoms with E-state index in [1.54, 1.807) is 24.3 Å². The van der Waals surface area contributed by atoms with E-state index in [4.69, 9.17) is 5.73 Å². The normalized spacial score (nSPS) is 10.3. The van der Waals surface area contributed by atoms with Crippen molar-refractivity contribution in [1.29, 1.82) is 0 Å². The molecule has 0 fully saturated rings. The molecule has 1 aromatic carbocycles. The molecule has 0 unspecified atom stereocenters. The second kappa shape index (κ2) is 6.95. The summed E-state index contributed by atoms with van der Waals surface area (Å²) < 4.78 is 0. The van der Waals surface area contributed by atoms with E-state index in [-0.39, 0.29) is 12.0 Å². The Morgan fingerprint density at radius 2 is 1.87 bits per heavy atom. The number of nitrogens with two attached hydrogens (primary N) is 1. The summed E-state index contributed by atoms with van der Waals surface area (Å²) >= 11 is 0. The molecule has 7 heteroatoms. The molecule has 0 atom stereocenters. The minimum absolute atomic E-state index is 0.194. The molecule has 1 aromatic heterocycles. The summed E-state index contributed by atoms with van der Waals surface area (Å²) in [5.74, 6) is 0.219. The Bertz CT molecular complexity index is 683. The van der Waals surface area contributed by atoms with Crippen LogP contribution < -0.4 is 16.0 Å². The molecule has 2 amide bonds. The largest absolute Gasteiger partial charge is 0.378 e. The molecule has 0 aliphatic carbocycles. The third-order valence-electron chi connectivity index (χ3n) is 3.47. The number of hydrogen-bond acceptors (Lipinski definition) is 5. The van der Waals surface area contributed by atoms with Crippen molar-refractivity contribution in [3.8, 4) is 0 Å². The summed E-state index contributed by atoms with van der Waals surface area (Å²) in [4.78, 5) is 23.8. The number of rotatable bonds is 4. The fourth-order valence-electron chi connectivity index (χ4n) is 2.03. The highest BCUT2D eigenvalue weighted by molar-refractivity contribution is 5.90. The Kier molecular flexibility index (Phi) is 5.00. The monoisotopic (exact) mass is 314 g/mol. The zero-order valence-electron chi connectivity index (χ0n) is 13.9. The number of amides is 2. The van der Waals surface area contributed by atoms with E-state index in [9.17, 15) is 4.79 Å². The average molecular weight is 314 g/mol. The molecule has 3 N–H and O–H groups in total. The SMILES string of the molecule is Cc1ccc(N(C)C)cc1NC(=O)N(C)Cc1cnc(N)nc1. The van der Waals surface area contributed by atoms with Crippen LogP contribution >= 0.6 is 0 Å². The third-order valence-corrected chi connectivity index (χ3v) is 3.47. The Hall–Kier alpha value is -2.83. The van der Waals surface area contributed by atoms with Gasteiger partial charge in [-0.2, -0.15) is 0 Å². The van der Waals surface area contributed by atoms with Crippen LogP contribution in [0.15, 0.2) is 30.6 Å². The van der Waals surface area contributed by atoms with Crippen molar-refractivity contribution in [2.24, 2.45) is 0 Å². The summed E-state index contributed by atoms with van der Waals surface area (Å²) in [6, 6.07) is 5.76. The summed E-state index contributed by atoms with van der Waals surface area (Å²) in [5, 5.41) is 2.93. The van der Waals surface area contributed by atoms with E-state index in [0.717, 1.165) is 22.5 Å². The first-order valence-corrected chi connectivity index (χ1v) is 7.23. The van der Waals surface area contributed by atoms with Gasteiger partial charge in [-0.15, -0.1) is 0 Å². The van der Waals surface area contributed by atoms with Crippen LogP contribution in [0.2, 0.25) is 0 Å². The topological polar surface area (TPSA) is 87.4 Å². The van der Waals surface area contributed by atoms with Crippen molar-refractivity contribution in [3.63, 3.8) is 0 Å². The van der Waals surface area contributed by atoms with Crippen LogP contribution in [0.5, 0.6) is 0 Å². The lowest BCUT2D eigenvalue weighted by Crippen LogP contribution is -2.31. The third kappa shape index (κ3) is 4.32. The van der Waals surface area contributed by atoms with Crippen molar-refractivity contribution >= 4 is 23.4 Å². The molecular weight excluding hydrogens is 292 g/mol. The molecule has 2 aromatic rings. The number of carbonyl (C=O) groups is 1. The summed E-state index contributed by atoms with van der Waals surface area (Å²) in [6.07, 6.45) is 3.23. The zero-order chi connectivity index (χ0) is 17.0. The maximum Gasteiger partial charge on any atom is 0.321 e. The van der Waals surface area contributed by atoms with Crippen LogP contribution in [-0.4, -0.2) is 42.0 Å². The highest BCUT2D eigenvalue weighted by Crippen LogP contribution is 2.22. The van der Waals surface area contributed by atoms with Gasteiger partial charge in [-0.1, -0.05) is 6.07 Å². The van der Waals surface area contributed by atoms with E-state index in [1.165, 1.54) is 0 Å². The van der Waals surface area contributed by atoms with Gasteiger partial charge in [-0.25, -0.2) is 14.8 Å². The van der Waals surface area contributed by atoms with Crippen molar-refractivity contribution in [2.45, 2.75) is 13.5 Å². The lowest BCUT2D eigenvalue weighted by atomic mass is 10.1. The molecule has 1 heterocycles. The number of urea groups is 1. The van der Waals surface area contributed by atoms with Crippen molar-refractivity contribution in [2.75, 3.05) is 37.1 Å². The number of aryl methyl sites for hydroxylation is 1. The molecule has 0 spiro atoms. The van der Waals surface area contributed by atoms with Crippen molar-refractivity contribution in [1.82, 2.24) is 14.9 Å². The minimum Gasteiger partial charge on any atom is -0.378 e. The van der Waals surface area contributed by atoms with Gasteiger partial charge in [0, 0.05) is 50.5 Å². The highest BCUT2D eigenvalue weighted by atomic mass is 16.2. The van der Waals surface area contributed by atoms with Crippen LogP contribution in [0.25, 0.3) is 0 Å². The van der Waals surface area contributed by atoms with Gasteiger partial charge in [-0.05, 0) is 24.6 Å². The number of anilines is 3. The quantitative estimate of drug-likeness (QED) is 0.902. The molecule has 7 nitrogen and oxygen atoms in total. The van der Waals surface area contributed by atoms with Gasteiger partial charge in [0.2, 0.25) is 5.95 Å². The first kappa shape index (κ1) is 16.5. The average Bonchev–Trinajstić information content (AvgIpc) is 2.51. The van der Waals surface area contributed by atoms with E-state index >= 15 is 0 Å². The fourth-order valence-corrected chi connectivity index (χ4v) is 2.03. The number of carbonyl (C=O) groups excluding carboxylic acids is 1. The summed E-state index contributed by atoms with van der Waals surface area (Å²) in [7, 11) is 5.64. The van der Waals surface area contributed by atoms with Crippen molar-refractivity contribution in [3.05, 3.63) is 41.7 Å². The standard InChI is InChI=1S/C16H22N6O/c1-11-5-6-13(21(2)3)7-14(11)20-16(23)22(4)10-12-8-18-15(17)19-9-12/h5-9H,10H2,1-4H3,(H,20,23)(H2,17,18,19). The molecule has 122 valence electrons.